The molecule has 4 rings (SSSR count). The summed E-state index contributed by atoms with van der Waals surface area (Å²) in [5.74, 6) is 0.579. The van der Waals surface area contributed by atoms with Gasteiger partial charge in [-0.05, 0) is 42.7 Å². The molecule has 0 spiro atoms. The average molecular weight is 391 g/mol. The molecule has 140 valence electrons. The Labute approximate surface area is 168 Å². The maximum absolute atomic E-state index is 12.4. The van der Waals surface area contributed by atoms with Crippen molar-refractivity contribution in [1.29, 1.82) is 0 Å². The Kier molecular flexibility index (Phi) is 5.35. The van der Waals surface area contributed by atoms with Gasteiger partial charge in [0, 0.05) is 28.9 Å². The lowest BCUT2D eigenvalue weighted by atomic mass is 10.1. The molecule has 0 unspecified atom stereocenters. The topological polar surface area (TPSA) is 59.3 Å². The predicted molar refractivity (Wildman–Crippen MR) is 111 cm³/mol. The summed E-state index contributed by atoms with van der Waals surface area (Å²) in [6.07, 6.45) is 3.64. The van der Waals surface area contributed by atoms with Gasteiger partial charge in [-0.15, -0.1) is 10.2 Å². The van der Waals surface area contributed by atoms with Crippen molar-refractivity contribution in [2.24, 2.45) is 0 Å². The Bertz CT molecular complexity index is 1110. The first kappa shape index (κ1) is 18.2. The van der Waals surface area contributed by atoms with Gasteiger partial charge in [-0.3, -0.25) is 9.20 Å². The third-order valence-electron chi connectivity index (χ3n) is 4.53. The van der Waals surface area contributed by atoms with Gasteiger partial charge in [0.15, 0.2) is 11.5 Å². The van der Waals surface area contributed by atoms with E-state index in [2.05, 4.69) is 27.6 Å². The first-order valence-electron chi connectivity index (χ1n) is 9.13. The van der Waals surface area contributed by atoms with Crippen LogP contribution in [0.2, 0.25) is 5.02 Å². The summed E-state index contributed by atoms with van der Waals surface area (Å²) in [6, 6.07) is 21.2. The van der Waals surface area contributed by atoms with Crippen LogP contribution in [0.5, 0.6) is 0 Å². The zero-order chi connectivity index (χ0) is 19.3. The summed E-state index contributed by atoms with van der Waals surface area (Å²) in [4.78, 5) is 12.4. The number of benzene rings is 2. The highest BCUT2D eigenvalue weighted by atomic mass is 35.5. The van der Waals surface area contributed by atoms with Crippen LogP contribution in [-0.4, -0.2) is 27.0 Å². The lowest BCUT2D eigenvalue weighted by Gasteiger charge is -2.06. The standard InChI is InChI=1S/C22H19ClN4O/c23-19-10-4-9-17(14-19)21-26-25-20-15-18(11-13-27(20)21)22(28)24-12-5-8-16-6-2-1-3-7-16/h1-4,6-7,9-11,13-15H,5,8,12H2,(H,24,28). The Morgan fingerprint density at radius 2 is 1.86 bits per heavy atom. The second-order valence-electron chi connectivity index (χ2n) is 6.52. The maximum Gasteiger partial charge on any atom is 0.251 e. The minimum atomic E-state index is -0.108. The number of aromatic nitrogens is 3. The molecule has 0 aliphatic rings. The quantitative estimate of drug-likeness (QED) is 0.496. The molecule has 2 heterocycles. The largest absolute Gasteiger partial charge is 0.352 e. The van der Waals surface area contributed by atoms with Crippen molar-refractivity contribution in [2.75, 3.05) is 6.54 Å². The van der Waals surface area contributed by atoms with Gasteiger partial charge in [0.05, 0.1) is 0 Å². The zero-order valence-corrected chi connectivity index (χ0v) is 15.9. The van der Waals surface area contributed by atoms with Gasteiger partial charge in [0.2, 0.25) is 0 Å². The summed E-state index contributed by atoms with van der Waals surface area (Å²) in [6.45, 7) is 0.624. The number of carbonyl (C=O) groups is 1. The summed E-state index contributed by atoms with van der Waals surface area (Å²) >= 11 is 6.07. The molecule has 1 amide bonds. The van der Waals surface area contributed by atoms with E-state index in [1.807, 2.05) is 53.1 Å². The number of hydrogen-bond donors (Lipinski definition) is 1. The molecule has 0 aliphatic heterocycles. The molecular formula is C22H19ClN4O. The first-order valence-corrected chi connectivity index (χ1v) is 9.51. The number of aryl methyl sites for hydroxylation is 1. The van der Waals surface area contributed by atoms with E-state index in [0.717, 1.165) is 18.4 Å². The predicted octanol–water partition coefficient (Wildman–Crippen LogP) is 4.41. The number of hydrogen-bond acceptors (Lipinski definition) is 3. The molecule has 0 bridgehead atoms. The summed E-state index contributed by atoms with van der Waals surface area (Å²) in [5.41, 5.74) is 3.33. The molecule has 0 aliphatic carbocycles. The minimum absolute atomic E-state index is 0.108. The van der Waals surface area contributed by atoms with E-state index < -0.39 is 0 Å². The van der Waals surface area contributed by atoms with Crippen molar-refractivity contribution in [3.63, 3.8) is 0 Å². The highest BCUT2D eigenvalue weighted by Crippen LogP contribution is 2.22. The van der Waals surface area contributed by atoms with E-state index in [4.69, 9.17) is 11.6 Å². The number of halogens is 1. The molecule has 0 saturated carbocycles. The molecule has 5 nitrogen and oxygen atoms in total. The fourth-order valence-corrected chi connectivity index (χ4v) is 3.29. The number of fused-ring (bicyclic) bond motifs is 1. The van der Waals surface area contributed by atoms with Gasteiger partial charge in [-0.2, -0.15) is 0 Å². The fourth-order valence-electron chi connectivity index (χ4n) is 3.10. The van der Waals surface area contributed by atoms with Crippen LogP contribution in [0.4, 0.5) is 0 Å². The van der Waals surface area contributed by atoms with Crippen molar-refractivity contribution in [3.8, 4) is 11.4 Å². The summed E-state index contributed by atoms with van der Waals surface area (Å²) < 4.78 is 1.85. The molecule has 2 aromatic carbocycles. The van der Waals surface area contributed by atoms with E-state index in [0.29, 0.717) is 28.6 Å². The van der Waals surface area contributed by atoms with Crippen molar-refractivity contribution in [2.45, 2.75) is 12.8 Å². The third-order valence-corrected chi connectivity index (χ3v) is 4.76. The normalized spacial score (nSPS) is 10.9. The number of pyridine rings is 1. The molecular weight excluding hydrogens is 372 g/mol. The smallest absolute Gasteiger partial charge is 0.251 e. The number of carbonyl (C=O) groups excluding carboxylic acids is 1. The van der Waals surface area contributed by atoms with E-state index >= 15 is 0 Å². The number of nitrogens with zero attached hydrogens (tertiary/aromatic N) is 3. The van der Waals surface area contributed by atoms with Crippen molar-refractivity contribution in [3.05, 3.63) is 89.1 Å². The van der Waals surface area contributed by atoms with E-state index in [1.165, 1.54) is 5.56 Å². The highest BCUT2D eigenvalue weighted by Gasteiger charge is 2.11. The van der Waals surface area contributed by atoms with Gasteiger partial charge < -0.3 is 5.32 Å². The Hall–Kier alpha value is -3.18. The average Bonchev–Trinajstić information content (AvgIpc) is 3.15. The van der Waals surface area contributed by atoms with Crippen LogP contribution in [0.25, 0.3) is 17.0 Å². The second kappa shape index (κ2) is 8.23. The fraction of sp³-hybridized carbons (Fsp3) is 0.136. The lowest BCUT2D eigenvalue weighted by molar-refractivity contribution is 0.0953. The first-order chi connectivity index (χ1) is 13.7. The van der Waals surface area contributed by atoms with E-state index in [9.17, 15) is 4.79 Å². The summed E-state index contributed by atoms with van der Waals surface area (Å²) in [5, 5.41) is 12.0. The monoisotopic (exact) mass is 390 g/mol. The van der Waals surface area contributed by atoms with Gasteiger partial charge in [0.25, 0.3) is 5.91 Å². The molecule has 4 aromatic rings. The SMILES string of the molecule is O=C(NCCCc1ccccc1)c1ccn2c(-c3cccc(Cl)c3)nnc2c1. The zero-order valence-electron chi connectivity index (χ0n) is 15.2. The molecule has 0 atom stereocenters. The molecule has 1 N–H and O–H groups in total. The van der Waals surface area contributed by atoms with Crippen molar-refractivity contribution in [1.82, 2.24) is 19.9 Å². The third kappa shape index (κ3) is 4.05. The molecule has 6 heteroatoms. The second-order valence-corrected chi connectivity index (χ2v) is 6.96. The Morgan fingerprint density at radius 3 is 2.68 bits per heavy atom. The Balaban J connectivity index is 1.42. The molecule has 0 fully saturated rings. The lowest BCUT2D eigenvalue weighted by Crippen LogP contribution is -2.24. The van der Waals surface area contributed by atoms with Crippen molar-refractivity contribution >= 4 is 23.2 Å². The van der Waals surface area contributed by atoms with Crippen LogP contribution in [0, 0.1) is 0 Å². The van der Waals surface area contributed by atoms with Gasteiger partial charge in [0.1, 0.15) is 0 Å². The van der Waals surface area contributed by atoms with Crippen LogP contribution >= 0.6 is 11.6 Å². The van der Waals surface area contributed by atoms with Crippen LogP contribution in [-0.2, 0) is 6.42 Å². The molecule has 0 saturated heterocycles. The van der Waals surface area contributed by atoms with Gasteiger partial charge in [-0.25, -0.2) is 0 Å². The molecule has 0 radical (unpaired) electrons. The summed E-state index contributed by atoms with van der Waals surface area (Å²) in [7, 11) is 0. The van der Waals surface area contributed by atoms with Crippen LogP contribution in [0.1, 0.15) is 22.3 Å². The van der Waals surface area contributed by atoms with E-state index in [-0.39, 0.29) is 5.91 Å². The van der Waals surface area contributed by atoms with Gasteiger partial charge in [-0.1, -0.05) is 54.1 Å². The van der Waals surface area contributed by atoms with Gasteiger partial charge >= 0.3 is 0 Å². The molecule has 28 heavy (non-hydrogen) atoms. The van der Waals surface area contributed by atoms with Crippen molar-refractivity contribution < 1.29 is 4.79 Å². The van der Waals surface area contributed by atoms with Crippen LogP contribution < -0.4 is 5.32 Å². The highest BCUT2D eigenvalue weighted by molar-refractivity contribution is 6.30. The number of amides is 1. The number of rotatable bonds is 6. The van der Waals surface area contributed by atoms with Crippen LogP contribution in [0.3, 0.4) is 0 Å². The number of nitrogens with one attached hydrogen (secondary N) is 1. The molecule has 2 aromatic heterocycles. The maximum atomic E-state index is 12.4. The van der Waals surface area contributed by atoms with E-state index in [1.54, 1.807) is 12.1 Å². The van der Waals surface area contributed by atoms with Crippen LogP contribution in [0.15, 0.2) is 72.9 Å². The Morgan fingerprint density at radius 1 is 1.00 bits per heavy atom. The minimum Gasteiger partial charge on any atom is -0.352 e.